The van der Waals surface area contributed by atoms with E-state index in [0.717, 1.165) is 0 Å². The molecule has 1 aromatic carbocycles. The van der Waals surface area contributed by atoms with E-state index < -0.39 is 29.2 Å². The van der Waals surface area contributed by atoms with Crippen molar-refractivity contribution in [1.82, 2.24) is 4.98 Å². The average Bonchev–Trinajstić information content (AvgIpc) is 2.96. The maximum absolute atomic E-state index is 12.7. The van der Waals surface area contributed by atoms with Gasteiger partial charge in [0.15, 0.2) is 17.3 Å². The van der Waals surface area contributed by atoms with Crippen LogP contribution in [0.3, 0.4) is 0 Å². The van der Waals surface area contributed by atoms with E-state index in [2.05, 4.69) is 4.98 Å². The number of amides is 1. The van der Waals surface area contributed by atoms with Gasteiger partial charge in [-0.2, -0.15) is 0 Å². The molecule has 1 aliphatic carbocycles. The van der Waals surface area contributed by atoms with Gasteiger partial charge in [0.25, 0.3) is 0 Å². The van der Waals surface area contributed by atoms with Crippen molar-refractivity contribution in [2.75, 3.05) is 0 Å². The summed E-state index contributed by atoms with van der Waals surface area (Å²) in [7, 11) is 0. The number of hydrogen-bond acceptors (Lipinski definition) is 6. The Morgan fingerprint density at radius 3 is 2.50 bits per heavy atom. The number of aromatic nitrogens is 1. The molecule has 24 heavy (non-hydrogen) atoms. The smallest absolute Gasteiger partial charge is 0.221 e. The fourth-order valence-electron chi connectivity index (χ4n) is 2.98. The molecule has 0 saturated heterocycles. The van der Waals surface area contributed by atoms with Crippen LogP contribution in [0.5, 0.6) is 0 Å². The number of fused-ring (bicyclic) bond motifs is 1. The zero-order chi connectivity index (χ0) is 17.6. The number of rotatable bonds is 4. The summed E-state index contributed by atoms with van der Waals surface area (Å²) in [6.07, 6.45) is -0.151. The summed E-state index contributed by atoms with van der Waals surface area (Å²) in [6, 6.07) is 4.65. The standard InChI is InChI=1S/C17H14N2O4S/c1-7-17(24-8(2)19-7)16(23)13-14(21)10-5-3-4-9(6-11(18)20)12(10)15(13)22/h3-5,13H,6H2,1-2H3,(H2,18,20). The van der Waals surface area contributed by atoms with Gasteiger partial charge in [0.05, 0.1) is 22.0 Å². The number of nitrogens with zero attached hydrogens (tertiary/aromatic N) is 1. The first-order valence-electron chi connectivity index (χ1n) is 7.28. The average molecular weight is 342 g/mol. The molecule has 6 nitrogen and oxygen atoms in total. The van der Waals surface area contributed by atoms with Crippen LogP contribution < -0.4 is 5.73 Å². The van der Waals surface area contributed by atoms with Crippen molar-refractivity contribution in [3.05, 3.63) is 50.5 Å². The maximum atomic E-state index is 12.7. The first kappa shape index (κ1) is 16.2. The number of thiazole rings is 1. The summed E-state index contributed by atoms with van der Waals surface area (Å²) in [5.41, 5.74) is 6.40. The quantitative estimate of drug-likeness (QED) is 0.672. The van der Waals surface area contributed by atoms with Crippen molar-refractivity contribution in [2.45, 2.75) is 20.3 Å². The van der Waals surface area contributed by atoms with Crippen molar-refractivity contribution in [3.8, 4) is 0 Å². The van der Waals surface area contributed by atoms with Gasteiger partial charge in [0.1, 0.15) is 5.92 Å². The molecule has 0 fully saturated rings. The fourth-order valence-corrected chi connectivity index (χ4v) is 3.87. The SMILES string of the molecule is Cc1nc(C)c(C(=O)C2C(=O)c3cccc(CC(N)=O)c3C2=O)s1. The molecular formula is C17H14N2O4S. The predicted molar refractivity (Wildman–Crippen MR) is 87.4 cm³/mol. The van der Waals surface area contributed by atoms with Crippen molar-refractivity contribution in [3.63, 3.8) is 0 Å². The third-order valence-corrected chi connectivity index (χ3v) is 5.03. The van der Waals surface area contributed by atoms with Gasteiger partial charge in [-0.1, -0.05) is 18.2 Å². The molecule has 1 amide bonds. The van der Waals surface area contributed by atoms with Gasteiger partial charge in [-0.3, -0.25) is 19.2 Å². The van der Waals surface area contributed by atoms with Gasteiger partial charge in [0.2, 0.25) is 5.91 Å². The molecule has 0 saturated carbocycles. The third-order valence-electron chi connectivity index (χ3n) is 3.94. The van der Waals surface area contributed by atoms with Crippen LogP contribution in [0.15, 0.2) is 18.2 Å². The second-order valence-electron chi connectivity index (χ2n) is 5.66. The van der Waals surface area contributed by atoms with Crippen LogP contribution in [0.25, 0.3) is 0 Å². The summed E-state index contributed by atoms with van der Waals surface area (Å²) in [5.74, 6) is -3.63. The fraction of sp³-hybridized carbons (Fsp3) is 0.235. The number of primary amides is 1. The lowest BCUT2D eigenvalue weighted by atomic mass is 9.95. The van der Waals surface area contributed by atoms with E-state index in [-0.39, 0.29) is 17.5 Å². The van der Waals surface area contributed by atoms with Crippen molar-refractivity contribution < 1.29 is 19.2 Å². The molecule has 0 bridgehead atoms. The third kappa shape index (κ3) is 2.46. The van der Waals surface area contributed by atoms with Crippen molar-refractivity contribution in [2.24, 2.45) is 11.7 Å². The van der Waals surface area contributed by atoms with Gasteiger partial charge in [-0.15, -0.1) is 11.3 Å². The molecule has 7 heteroatoms. The molecule has 1 unspecified atom stereocenters. The number of carbonyl (C=O) groups is 4. The van der Waals surface area contributed by atoms with E-state index in [4.69, 9.17) is 5.73 Å². The minimum absolute atomic E-state index is 0.138. The van der Waals surface area contributed by atoms with E-state index in [1.807, 2.05) is 0 Å². The number of Topliss-reactive ketones (excluding diaryl/α,β-unsaturated/α-hetero) is 3. The van der Waals surface area contributed by atoms with Crippen LogP contribution in [0.4, 0.5) is 0 Å². The maximum Gasteiger partial charge on any atom is 0.221 e. The lowest BCUT2D eigenvalue weighted by molar-refractivity contribution is -0.117. The molecule has 122 valence electrons. The molecule has 1 heterocycles. The molecule has 1 aliphatic rings. The van der Waals surface area contributed by atoms with E-state index >= 15 is 0 Å². The molecule has 1 atom stereocenters. The number of aryl methyl sites for hydroxylation is 2. The molecule has 3 rings (SSSR count). The Morgan fingerprint density at radius 2 is 1.92 bits per heavy atom. The summed E-state index contributed by atoms with van der Waals surface area (Å²) >= 11 is 1.17. The molecule has 2 aromatic rings. The Morgan fingerprint density at radius 1 is 1.21 bits per heavy atom. The van der Waals surface area contributed by atoms with Crippen LogP contribution in [0, 0.1) is 19.8 Å². The van der Waals surface area contributed by atoms with E-state index in [1.54, 1.807) is 26.0 Å². The molecule has 0 radical (unpaired) electrons. The second-order valence-corrected chi connectivity index (χ2v) is 6.86. The number of nitrogens with two attached hydrogens (primary N) is 1. The Balaban J connectivity index is 2.06. The van der Waals surface area contributed by atoms with Crippen LogP contribution in [0.2, 0.25) is 0 Å². The minimum Gasteiger partial charge on any atom is -0.369 e. The number of carbonyl (C=O) groups excluding carboxylic acids is 4. The highest BCUT2D eigenvalue weighted by Crippen LogP contribution is 2.33. The highest BCUT2D eigenvalue weighted by Gasteiger charge is 2.45. The van der Waals surface area contributed by atoms with Gasteiger partial charge >= 0.3 is 0 Å². The van der Waals surface area contributed by atoms with Crippen molar-refractivity contribution in [1.29, 1.82) is 0 Å². The normalized spacial score (nSPS) is 16.3. The summed E-state index contributed by atoms with van der Waals surface area (Å²) in [6.45, 7) is 3.43. The van der Waals surface area contributed by atoms with Gasteiger partial charge in [0, 0.05) is 11.1 Å². The summed E-state index contributed by atoms with van der Waals surface area (Å²) < 4.78 is 0. The highest BCUT2D eigenvalue weighted by atomic mass is 32.1. The lowest BCUT2D eigenvalue weighted by Crippen LogP contribution is -2.26. The van der Waals surface area contributed by atoms with Crippen molar-refractivity contribution >= 4 is 34.6 Å². The first-order chi connectivity index (χ1) is 11.3. The van der Waals surface area contributed by atoms with Crippen LogP contribution in [-0.4, -0.2) is 28.2 Å². The van der Waals surface area contributed by atoms with Crippen LogP contribution in [0.1, 0.15) is 46.7 Å². The zero-order valence-electron chi connectivity index (χ0n) is 13.1. The van der Waals surface area contributed by atoms with Gasteiger partial charge in [-0.05, 0) is 19.4 Å². The number of hydrogen-bond donors (Lipinski definition) is 1. The zero-order valence-corrected chi connectivity index (χ0v) is 13.9. The lowest BCUT2D eigenvalue weighted by Gasteiger charge is -2.05. The second kappa shape index (κ2) is 5.76. The van der Waals surface area contributed by atoms with Gasteiger partial charge < -0.3 is 5.73 Å². The molecule has 1 aromatic heterocycles. The molecule has 0 aliphatic heterocycles. The Bertz CT molecular complexity index is 913. The first-order valence-corrected chi connectivity index (χ1v) is 8.09. The van der Waals surface area contributed by atoms with E-state index in [0.29, 0.717) is 21.1 Å². The summed E-state index contributed by atoms with van der Waals surface area (Å²) in [5, 5.41) is 0.695. The Hall–Kier alpha value is -2.67. The number of benzene rings is 1. The van der Waals surface area contributed by atoms with Gasteiger partial charge in [-0.25, -0.2) is 4.98 Å². The monoisotopic (exact) mass is 342 g/mol. The van der Waals surface area contributed by atoms with E-state index in [1.165, 1.54) is 17.4 Å². The van der Waals surface area contributed by atoms with Crippen LogP contribution >= 0.6 is 11.3 Å². The topological polar surface area (TPSA) is 107 Å². The number of ketones is 3. The summed E-state index contributed by atoms with van der Waals surface area (Å²) in [4.78, 5) is 53.8. The van der Waals surface area contributed by atoms with Crippen LogP contribution in [-0.2, 0) is 11.2 Å². The largest absolute Gasteiger partial charge is 0.369 e. The van der Waals surface area contributed by atoms with E-state index in [9.17, 15) is 19.2 Å². The molecule has 0 spiro atoms. The Kier molecular flexibility index (Phi) is 3.88. The highest BCUT2D eigenvalue weighted by molar-refractivity contribution is 7.13. The predicted octanol–water partition coefficient (Wildman–Crippen LogP) is 1.67. The molecule has 2 N–H and O–H groups in total. The molecular weight excluding hydrogens is 328 g/mol. The minimum atomic E-state index is -1.40. The Labute approximate surface area is 141 Å².